The predicted octanol–water partition coefficient (Wildman–Crippen LogP) is 4.06. The third kappa shape index (κ3) is 5.83. The Morgan fingerprint density at radius 2 is 1.85 bits per heavy atom. The van der Waals surface area contributed by atoms with Crippen LogP contribution in [0.15, 0.2) is 48.5 Å². The van der Waals surface area contributed by atoms with Crippen LogP contribution in [0.4, 0.5) is 0 Å². The standard InChI is InChI=1S/C23H29NO3/c1-2-22(27-21-13-12-19-10-6-7-11-20(19)16-21)23(25)24-14-15-26-17-18-8-4-3-5-9-18/h3-5,8-9,12-13,16,22H,2,6-7,10-11,14-15,17H2,1H3,(H,24,25)/t22-/m1/s1. The zero-order chi connectivity index (χ0) is 18.9. The molecule has 4 heteroatoms. The van der Waals surface area contributed by atoms with E-state index in [1.165, 1.54) is 24.0 Å². The topological polar surface area (TPSA) is 47.6 Å². The summed E-state index contributed by atoms with van der Waals surface area (Å²) in [7, 11) is 0. The van der Waals surface area contributed by atoms with Crippen molar-refractivity contribution >= 4 is 5.91 Å². The van der Waals surface area contributed by atoms with Crippen molar-refractivity contribution < 1.29 is 14.3 Å². The van der Waals surface area contributed by atoms with Gasteiger partial charge in [0, 0.05) is 6.54 Å². The van der Waals surface area contributed by atoms with Crippen molar-refractivity contribution in [3.8, 4) is 5.75 Å². The van der Waals surface area contributed by atoms with Crippen LogP contribution < -0.4 is 10.1 Å². The number of carbonyl (C=O) groups is 1. The van der Waals surface area contributed by atoms with Crippen molar-refractivity contribution in [2.24, 2.45) is 0 Å². The van der Waals surface area contributed by atoms with E-state index in [1.54, 1.807) is 0 Å². The first-order chi connectivity index (χ1) is 13.3. The first kappa shape index (κ1) is 19.4. The molecular weight excluding hydrogens is 338 g/mol. The Labute approximate surface area is 161 Å². The van der Waals surface area contributed by atoms with Crippen molar-refractivity contribution in [3.05, 3.63) is 65.2 Å². The molecule has 1 aliphatic rings. The smallest absolute Gasteiger partial charge is 0.261 e. The van der Waals surface area contributed by atoms with E-state index in [0.29, 0.717) is 26.2 Å². The summed E-state index contributed by atoms with van der Waals surface area (Å²) < 4.78 is 11.6. The minimum Gasteiger partial charge on any atom is -0.481 e. The number of benzene rings is 2. The summed E-state index contributed by atoms with van der Waals surface area (Å²) >= 11 is 0. The molecule has 0 unspecified atom stereocenters. The highest BCUT2D eigenvalue weighted by atomic mass is 16.5. The molecule has 0 heterocycles. The number of carbonyl (C=O) groups excluding carboxylic acids is 1. The van der Waals surface area contributed by atoms with Gasteiger partial charge >= 0.3 is 0 Å². The normalized spacial score (nSPS) is 14.3. The van der Waals surface area contributed by atoms with Gasteiger partial charge < -0.3 is 14.8 Å². The Morgan fingerprint density at radius 3 is 2.63 bits per heavy atom. The van der Waals surface area contributed by atoms with Crippen LogP contribution in [0.2, 0.25) is 0 Å². The van der Waals surface area contributed by atoms with Crippen molar-refractivity contribution in [3.63, 3.8) is 0 Å². The number of hydrogen-bond donors (Lipinski definition) is 1. The molecule has 27 heavy (non-hydrogen) atoms. The monoisotopic (exact) mass is 367 g/mol. The first-order valence-corrected chi connectivity index (χ1v) is 9.94. The lowest BCUT2D eigenvalue weighted by molar-refractivity contribution is -0.128. The van der Waals surface area contributed by atoms with E-state index in [1.807, 2.05) is 43.3 Å². The van der Waals surface area contributed by atoms with E-state index in [9.17, 15) is 4.79 Å². The average molecular weight is 367 g/mol. The minimum atomic E-state index is -0.472. The highest BCUT2D eigenvalue weighted by Crippen LogP contribution is 2.26. The van der Waals surface area contributed by atoms with Gasteiger partial charge in [-0.3, -0.25) is 4.79 Å². The summed E-state index contributed by atoms with van der Waals surface area (Å²) in [5, 5.41) is 2.91. The summed E-state index contributed by atoms with van der Waals surface area (Å²) in [5.74, 6) is 0.705. The second-order valence-corrected chi connectivity index (χ2v) is 6.98. The molecule has 1 N–H and O–H groups in total. The number of amides is 1. The number of ether oxygens (including phenoxy) is 2. The van der Waals surface area contributed by atoms with Gasteiger partial charge in [-0.05, 0) is 60.9 Å². The summed E-state index contributed by atoms with van der Waals surface area (Å²) in [6.45, 7) is 3.49. The van der Waals surface area contributed by atoms with Crippen molar-refractivity contribution in [2.75, 3.05) is 13.2 Å². The lowest BCUT2D eigenvalue weighted by Gasteiger charge is -2.20. The number of fused-ring (bicyclic) bond motifs is 1. The quantitative estimate of drug-likeness (QED) is 0.680. The predicted molar refractivity (Wildman–Crippen MR) is 107 cm³/mol. The molecule has 1 aliphatic carbocycles. The van der Waals surface area contributed by atoms with Crippen LogP contribution >= 0.6 is 0 Å². The number of aryl methyl sites for hydroxylation is 2. The fourth-order valence-electron chi connectivity index (χ4n) is 3.39. The molecule has 0 saturated heterocycles. The molecule has 0 fully saturated rings. The zero-order valence-electron chi connectivity index (χ0n) is 16.1. The zero-order valence-corrected chi connectivity index (χ0v) is 16.1. The van der Waals surface area contributed by atoms with Crippen LogP contribution in [0.25, 0.3) is 0 Å². The molecule has 0 saturated carbocycles. The first-order valence-electron chi connectivity index (χ1n) is 9.94. The number of nitrogens with one attached hydrogen (secondary N) is 1. The second-order valence-electron chi connectivity index (χ2n) is 6.98. The van der Waals surface area contributed by atoms with Crippen LogP contribution in [0.3, 0.4) is 0 Å². The molecule has 4 nitrogen and oxygen atoms in total. The van der Waals surface area contributed by atoms with Gasteiger partial charge in [0.05, 0.1) is 13.2 Å². The van der Waals surface area contributed by atoms with Gasteiger partial charge in [-0.2, -0.15) is 0 Å². The van der Waals surface area contributed by atoms with Gasteiger partial charge in [-0.15, -0.1) is 0 Å². The van der Waals surface area contributed by atoms with E-state index in [0.717, 1.165) is 24.2 Å². The SMILES string of the molecule is CC[C@@H](Oc1ccc2c(c1)CCCC2)C(=O)NCCOCc1ccccc1. The van der Waals surface area contributed by atoms with Gasteiger partial charge in [-0.1, -0.05) is 43.3 Å². The maximum Gasteiger partial charge on any atom is 0.261 e. The maximum absolute atomic E-state index is 12.4. The van der Waals surface area contributed by atoms with Crippen LogP contribution in [-0.2, 0) is 29.0 Å². The van der Waals surface area contributed by atoms with Gasteiger partial charge in [0.1, 0.15) is 5.75 Å². The third-order valence-corrected chi connectivity index (χ3v) is 4.92. The van der Waals surface area contributed by atoms with E-state index < -0.39 is 6.10 Å². The molecule has 0 aromatic heterocycles. The molecular formula is C23H29NO3. The molecule has 1 atom stereocenters. The maximum atomic E-state index is 12.4. The Hall–Kier alpha value is -2.33. The fraction of sp³-hybridized carbons (Fsp3) is 0.435. The van der Waals surface area contributed by atoms with Crippen molar-refractivity contribution in [1.29, 1.82) is 0 Å². The minimum absolute atomic E-state index is 0.0847. The van der Waals surface area contributed by atoms with Crippen LogP contribution in [0.5, 0.6) is 5.75 Å². The lowest BCUT2D eigenvalue weighted by Crippen LogP contribution is -2.39. The molecule has 144 valence electrons. The van der Waals surface area contributed by atoms with Crippen molar-refractivity contribution in [2.45, 2.75) is 51.7 Å². The van der Waals surface area contributed by atoms with E-state index in [-0.39, 0.29) is 5.91 Å². The molecule has 0 aliphatic heterocycles. The van der Waals surface area contributed by atoms with E-state index in [2.05, 4.69) is 17.4 Å². The Kier molecular flexibility index (Phi) is 7.28. The molecule has 3 rings (SSSR count). The number of hydrogen-bond acceptors (Lipinski definition) is 3. The highest BCUT2D eigenvalue weighted by molar-refractivity contribution is 5.81. The van der Waals surface area contributed by atoms with Crippen LogP contribution in [-0.4, -0.2) is 25.2 Å². The largest absolute Gasteiger partial charge is 0.481 e. The summed E-state index contributed by atoms with van der Waals surface area (Å²) in [6.07, 6.45) is 4.91. The Balaban J connectivity index is 1.42. The fourth-order valence-corrected chi connectivity index (χ4v) is 3.39. The second kappa shape index (κ2) is 10.1. The van der Waals surface area contributed by atoms with Crippen LogP contribution in [0, 0.1) is 0 Å². The highest BCUT2D eigenvalue weighted by Gasteiger charge is 2.19. The molecule has 1 amide bonds. The van der Waals surface area contributed by atoms with Gasteiger partial charge in [0.25, 0.3) is 5.91 Å². The Morgan fingerprint density at radius 1 is 1.07 bits per heavy atom. The Bertz CT molecular complexity index is 730. The molecule has 0 radical (unpaired) electrons. The number of rotatable bonds is 9. The molecule has 2 aromatic carbocycles. The molecule has 2 aromatic rings. The van der Waals surface area contributed by atoms with E-state index in [4.69, 9.17) is 9.47 Å². The molecule has 0 spiro atoms. The molecule has 0 bridgehead atoms. The van der Waals surface area contributed by atoms with Crippen LogP contribution in [0.1, 0.15) is 42.9 Å². The summed E-state index contributed by atoms with van der Waals surface area (Å²) in [6, 6.07) is 16.3. The van der Waals surface area contributed by atoms with Gasteiger partial charge in [-0.25, -0.2) is 0 Å². The average Bonchev–Trinajstić information content (AvgIpc) is 2.72. The van der Waals surface area contributed by atoms with E-state index >= 15 is 0 Å². The lowest BCUT2D eigenvalue weighted by atomic mass is 9.92. The summed E-state index contributed by atoms with van der Waals surface area (Å²) in [5.41, 5.74) is 3.91. The van der Waals surface area contributed by atoms with Gasteiger partial charge in [0.15, 0.2) is 6.10 Å². The van der Waals surface area contributed by atoms with Gasteiger partial charge in [0.2, 0.25) is 0 Å². The van der Waals surface area contributed by atoms with Crippen molar-refractivity contribution in [1.82, 2.24) is 5.32 Å². The summed E-state index contributed by atoms with van der Waals surface area (Å²) in [4.78, 5) is 12.4. The third-order valence-electron chi connectivity index (χ3n) is 4.92.